The largest absolute Gasteiger partial charge is 0.495 e. The van der Waals surface area contributed by atoms with E-state index in [1.807, 2.05) is 12.1 Å². The van der Waals surface area contributed by atoms with Gasteiger partial charge in [-0.15, -0.1) is 0 Å². The predicted molar refractivity (Wildman–Crippen MR) is 98.3 cm³/mol. The highest BCUT2D eigenvalue weighted by Gasteiger charge is 2.14. The Morgan fingerprint density at radius 3 is 2.68 bits per heavy atom. The Morgan fingerprint density at radius 1 is 1.24 bits per heavy atom. The zero-order valence-electron chi connectivity index (χ0n) is 13.6. The van der Waals surface area contributed by atoms with Gasteiger partial charge in [-0.3, -0.25) is 4.79 Å². The average Bonchev–Trinajstić information content (AvgIpc) is 2.61. The highest BCUT2D eigenvalue weighted by atomic mass is 35.5. The summed E-state index contributed by atoms with van der Waals surface area (Å²) in [6, 6.07) is 9.74. The smallest absolute Gasteiger partial charge is 0.259 e. The van der Waals surface area contributed by atoms with Gasteiger partial charge < -0.3 is 10.1 Å². The Labute approximate surface area is 154 Å². The number of ether oxygens (including phenoxy) is 1. The van der Waals surface area contributed by atoms with Gasteiger partial charge in [-0.05, 0) is 31.2 Å². The third-order valence-electron chi connectivity index (χ3n) is 3.30. The topological polar surface area (TPSA) is 62.7 Å². The van der Waals surface area contributed by atoms with Gasteiger partial charge in [0.05, 0.1) is 35.1 Å². The molecule has 0 unspecified atom stereocenters. The summed E-state index contributed by atoms with van der Waals surface area (Å²) in [5, 5.41) is 6.96. The lowest BCUT2D eigenvalue weighted by molar-refractivity contribution is -0.119. The summed E-state index contributed by atoms with van der Waals surface area (Å²) in [5.41, 5.74) is 3.58. The number of hydrazone groups is 1. The molecule has 0 aliphatic heterocycles. The van der Waals surface area contributed by atoms with E-state index >= 15 is 0 Å². The number of hydrogen-bond acceptors (Lipinski definition) is 4. The average molecular weight is 384 g/mol. The molecule has 0 fully saturated rings. The fraction of sp³-hybridized carbons (Fsp3) is 0.176. The van der Waals surface area contributed by atoms with E-state index in [9.17, 15) is 9.18 Å². The van der Waals surface area contributed by atoms with E-state index < -0.39 is 11.7 Å². The molecule has 0 aromatic heterocycles. The predicted octanol–water partition coefficient (Wildman–Crippen LogP) is 4.09. The first kappa shape index (κ1) is 19.0. The van der Waals surface area contributed by atoms with Gasteiger partial charge in [-0.2, -0.15) is 5.10 Å². The second kappa shape index (κ2) is 8.69. The normalized spacial score (nSPS) is 11.2. The molecule has 25 heavy (non-hydrogen) atoms. The van der Waals surface area contributed by atoms with Crippen LogP contribution in [0.3, 0.4) is 0 Å². The summed E-state index contributed by atoms with van der Waals surface area (Å²) in [7, 11) is 1.54. The molecule has 0 saturated carbocycles. The molecular weight excluding hydrogens is 368 g/mol. The lowest BCUT2D eigenvalue weighted by atomic mass is 10.1. The van der Waals surface area contributed by atoms with Gasteiger partial charge in [0.1, 0.15) is 11.6 Å². The van der Waals surface area contributed by atoms with Crippen LogP contribution in [0.2, 0.25) is 10.0 Å². The maximum absolute atomic E-state index is 13.5. The van der Waals surface area contributed by atoms with Crippen LogP contribution in [0.1, 0.15) is 12.5 Å². The first-order chi connectivity index (χ1) is 11.9. The SMILES string of the molecule is COc1ccccc1NCC(=O)N/N=C(/C)c1c(Cl)ccc(F)c1Cl. The van der Waals surface area contributed by atoms with Crippen LogP contribution in [-0.2, 0) is 4.79 Å². The molecule has 5 nitrogen and oxygen atoms in total. The molecule has 0 saturated heterocycles. The van der Waals surface area contributed by atoms with Crippen molar-refractivity contribution in [3.05, 3.63) is 57.8 Å². The van der Waals surface area contributed by atoms with Crippen LogP contribution in [0.5, 0.6) is 5.75 Å². The number of rotatable bonds is 6. The minimum atomic E-state index is -0.611. The van der Waals surface area contributed by atoms with Gasteiger partial charge >= 0.3 is 0 Å². The number of nitrogens with one attached hydrogen (secondary N) is 2. The minimum Gasteiger partial charge on any atom is -0.495 e. The van der Waals surface area contributed by atoms with Crippen LogP contribution in [0.4, 0.5) is 10.1 Å². The molecule has 0 heterocycles. The summed E-state index contributed by atoms with van der Waals surface area (Å²) < 4.78 is 18.7. The van der Waals surface area contributed by atoms with Crippen molar-refractivity contribution in [2.24, 2.45) is 5.10 Å². The minimum absolute atomic E-state index is 0.0260. The van der Waals surface area contributed by atoms with Gasteiger partial charge in [0.25, 0.3) is 5.91 Å². The molecule has 2 N–H and O–H groups in total. The Kier molecular flexibility index (Phi) is 6.61. The van der Waals surface area contributed by atoms with E-state index in [-0.39, 0.29) is 22.2 Å². The number of amides is 1. The lowest BCUT2D eigenvalue weighted by Crippen LogP contribution is -2.27. The Morgan fingerprint density at radius 2 is 1.96 bits per heavy atom. The molecular formula is C17H16Cl2FN3O2. The molecule has 8 heteroatoms. The maximum Gasteiger partial charge on any atom is 0.259 e. The van der Waals surface area contributed by atoms with Crippen molar-refractivity contribution in [1.82, 2.24) is 5.43 Å². The van der Waals surface area contributed by atoms with E-state index in [1.165, 1.54) is 6.07 Å². The van der Waals surface area contributed by atoms with Crippen molar-refractivity contribution >= 4 is 40.5 Å². The maximum atomic E-state index is 13.5. The quantitative estimate of drug-likeness (QED) is 0.448. The fourth-order valence-electron chi connectivity index (χ4n) is 2.07. The number of para-hydroxylation sites is 2. The third-order valence-corrected chi connectivity index (χ3v) is 3.98. The molecule has 0 atom stereocenters. The number of methoxy groups -OCH3 is 1. The molecule has 0 spiro atoms. The number of nitrogens with zero attached hydrogens (tertiary/aromatic N) is 1. The Bertz CT molecular complexity index is 812. The highest BCUT2D eigenvalue weighted by Crippen LogP contribution is 2.27. The van der Waals surface area contributed by atoms with Gasteiger partial charge in [-0.1, -0.05) is 35.3 Å². The summed E-state index contributed by atoms with van der Waals surface area (Å²) in [4.78, 5) is 11.9. The van der Waals surface area contributed by atoms with Crippen LogP contribution in [-0.4, -0.2) is 25.3 Å². The number of benzene rings is 2. The lowest BCUT2D eigenvalue weighted by Gasteiger charge is -2.10. The van der Waals surface area contributed by atoms with Crippen LogP contribution < -0.4 is 15.5 Å². The second-order valence-corrected chi connectivity index (χ2v) is 5.79. The molecule has 0 bridgehead atoms. The van der Waals surface area contributed by atoms with Crippen molar-refractivity contribution < 1.29 is 13.9 Å². The summed E-state index contributed by atoms with van der Waals surface area (Å²) in [6.07, 6.45) is 0. The standard InChI is InChI=1S/C17H16Cl2FN3O2/c1-10(16-11(18)7-8-12(20)17(16)19)22-23-15(24)9-21-13-5-3-4-6-14(13)25-2/h3-8,21H,9H2,1-2H3,(H,23,24)/b22-10-. The number of hydrogen-bond donors (Lipinski definition) is 2. The molecule has 2 aromatic rings. The molecule has 2 aromatic carbocycles. The molecule has 0 aliphatic rings. The van der Waals surface area contributed by atoms with E-state index in [1.54, 1.807) is 26.2 Å². The van der Waals surface area contributed by atoms with Crippen molar-refractivity contribution in [2.45, 2.75) is 6.92 Å². The Balaban J connectivity index is 2.02. The van der Waals surface area contributed by atoms with Crippen molar-refractivity contribution in [2.75, 3.05) is 19.0 Å². The third kappa shape index (κ3) is 4.84. The van der Waals surface area contributed by atoms with Crippen molar-refractivity contribution in [3.8, 4) is 5.75 Å². The van der Waals surface area contributed by atoms with Crippen LogP contribution in [0, 0.1) is 5.82 Å². The number of halogens is 3. The van der Waals surface area contributed by atoms with Crippen LogP contribution >= 0.6 is 23.2 Å². The number of anilines is 1. The molecule has 0 radical (unpaired) electrons. The highest BCUT2D eigenvalue weighted by molar-refractivity contribution is 6.40. The van der Waals surface area contributed by atoms with E-state index in [2.05, 4.69) is 15.8 Å². The van der Waals surface area contributed by atoms with Gasteiger partial charge in [0.2, 0.25) is 0 Å². The summed E-state index contributed by atoms with van der Waals surface area (Å²) in [5.74, 6) is -0.387. The van der Waals surface area contributed by atoms with Crippen molar-refractivity contribution in [1.29, 1.82) is 0 Å². The Hall–Kier alpha value is -2.31. The monoisotopic (exact) mass is 383 g/mol. The number of carbonyl (C=O) groups is 1. The van der Waals surface area contributed by atoms with Gasteiger partial charge in [0.15, 0.2) is 0 Å². The zero-order chi connectivity index (χ0) is 18.4. The first-order valence-corrected chi connectivity index (χ1v) is 8.03. The molecule has 2 rings (SSSR count). The van der Waals surface area contributed by atoms with Crippen LogP contribution in [0.15, 0.2) is 41.5 Å². The summed E-state index contributed by atoms with van der Waals surface area (Å²) in [6.45, 7) is 1.54. The first-order valence-electron chi connectivity index (χ1n) is 7.28. The molecule has 0 aliphatic carbocycles. The van der Waals surface area contributed by atoms with E-state index in [4.69, 9.17) is 27.9 Å². The molecule has 1 amide bonds. The van der Waals surface area contributed by atoms with Crippen LogP contribution in [0.25, 0.3) is 0 Å². The van der Waals surface area contributed by atoms with Crippen molar-refractivity contribution in [3.63, 3.8) is 0 Å². The molecule has 132 valence electrons. The summed E-state index contributed by atoms with van der Waals surface area (Å²) >= 11 is 11.9. The zero-order valence-corrected chi connectivity index (χ0v) is 15.1. The fourth-order valence-corrected chi connectivity index (χ4v) is 2.71. The number of carbonyl (C=O) groups excluding carboxylic acids is 1. The van der Waals surface area contributed by atoms with E-state index in [0.29, 0.717) is 17.1 Å². The van der Waals surface area contributed by atoms with Gasteiger partial charge in [0, 0.05) is 5.56 Å². The van der Waals surface area contributed by atoms with Gasteiger partial charge in [-0.25, -0.2) is 9.82 Å². The van der Waals surface area contributed by atoms with E-state index in [0.717, 1.165) is 6.07 Å². The second-order valence-electron chi connectivity index (χ2n) is 5.00.